The van der Waals surface area contributed by atoms with Crippen LogP contribution in [0.15, 0.2) is 18.2 Å². The summed E-state index contributed by atoms with van der Waals surface area (Å²) >= 11 is 0. The predicted molar refractivity (Wildman–Crippen MR) is 86.0 cm³/mol. The van der Waals surface area contributed by atoms with E-state index in [0.29, 0.717) is 5.69 Å². The molecule has 0 fully saturated rings. The first-order valence-corrected chi connectivity index (χ1v) is 8.83. The van der Waals surface area contributed by atoms with Gasteiger partial charge < -0.3 is 5.32 Å². The molecule has 0 aromatic heterocycles. The lowest BCUT2D eigenvalue weighted by Gasteiger charge is -2.23. The number of nitrogens with zero attached hydrogens (tertiary/aromatic N) is 1. The summed E-state index contributed by atoms with van der Waals surface area (Å²) in [5, 5.41) is 2.79. The van der Waals surface area contributed by atoms with Crippen LogP contribution in [0.2, 0.25) is 0 Å². The van der Waals surface area contributed by atoms with Gasteiger partial charge in [-0.3, -0.25) is 9.10 Å². The number of amides is 1. The van der Waals surface area contributed by atoms with E-state index in [2.05, 4.69) is 5.32 Å². The number of aryl methyl sites for hydroxylation is 2. The van der Waals surface area contributed by atoms with Crippen LogP contribution in [-0.2, 0) is 14.8 Å². The third kappa shape index (κ3) is 5.38. The molecule has 1 atom stereocenters. The zero-order valence-electron chi connectivity index (χ0n) is 13.3. The van der Waals surface area contributed by atoms with Crippen LogP contribution in [0.3, 0.4) is 0 Å². The van der Waals surface area contributed by atoms with Crippen molar-refractivity contribution >= 4 is 21.6 Å². The van der Waals surface area contributed by atoms with Crippen molar-refractivity contribution < 1.29 is 13.2 Å². The molecule has 0 radical (unpaired) electrons. The molecule has 0 aliphatic heterocycles. The summed E-state index contributed by atoms with van der Waals surface area (Å²) in [6.45, 7) is 7.45. The summed E-state index contributed by atoms with van der Waals surface area (Å²) in [7, 11) is -3.52. The minimum atomic E-state index is -3.52. The molecule has 0 saturated heterocycles. The number of hydrogen-bond acceptors (Lipinski definition) is 3. The minimum absolute atomic E-state index is 0.0261. The highest BCUT2D eigenvalue weighted by atomic mass is 32.2. The Kier molecular flexibility index (Phi) is 5.78. The normalized spacial score (nSPS) is 12.8. The van der Waals surface area contributed by atoms with Gasteiger partial charge in [0, 0.05) is 6.04 Å². The molecule has 1 N–H and O–H groups in total. The molecule has 0 spiro atoms. The van der Waals surface area contributed by atoms with Crippen molar-refractivity contribution in [1.82, 2.24) is 5.32 Å². The molecule has 21 heavy (non-hydrogen) atoms. The van der Waals surface area contributed by atoms with Crippen LogP contribution in [0.4, 0.5) is 5.69 Å². The SMILES string of the molecule is CC[C@H](C)NC(=O)CN(c1cc(C)cc(C)c1)S(C)(=O)=O. The molecule has 0 bridgehead atoms. The Morgan fingerprint density at radius 3 is 2.19 bits per heavy atom. The zero-order chi connectivity index (χ0) is 16.2. The summed E-state index contributed by atoms with van der Waals surface area (Å²) < 4.78 is 25.1. The number of nitrogens with one attached hydrogen (secondary N) is 1. The molecule has 0 aliphatic carbocycles. The predicted octanol–water partition coefficient (Wildman–Crippen LogP) is 1.98. The maximum absolute atomic E-state index is 12.0. The van der Waals surface area contributed by atoms with Crippen LogP contribution >= 0.6 is 0 Å². The second-order valence-electron chi connectivity index (χ2n) is 5.49. The van der Waals surface area contributed by atoms with Gasteiger partial charge in [-0.25, -0.2) is 8.42 Å². The van der Waals surface area contributed by atoms with E-state index in [9.17, 15) is 13.2 Å². The second-order valence-corrected chi connectivity index (χ2v) is 7.40. The van der Waals surface area contributed by atoms with Crippen molar-refractivity contribution in [2.45, 2.75) is 40.2 Å². The molecule has 6 heteroatoms. The molecule has 1 aromatic rings. The number of hydrogen-bond donors (Lipinski definition) is 1. The van der Waals surface area contributed by atoms with E-state index in [1.807, 2.05) is 33.8 Å². The lowest BCUT2D eigenvalue weighted by Crippen LogP contribution is -2.43. The Bertz CT molecular complexity index is 591. The van der Waals surface area contributed by atoms with E-state index in [4.69, 9.17) is 0 Å². The lowest BCUT2D eigenvalue weighted by atomic mass is 10.1. The fraction of sp³-hybridized carbons (Fsp3) is 0.533. The lowest BCUT2D eigenvalue weighted by molar-refractivity contribution is -0.120. The van der Waals surface area contributed by atoms with Crippen LogP contribution in [-0.4, -0.2) is 33.2 Å². The summed E-state index contributed by atoms with van der Waals surface area (Å²) in [6.07, 6.45) is 1.91. The standard InChI is InChI=1S/C15H24N2O3S/c1-6-13(4)16-15(18)10-17(21(5,19)20)14-8-11(2)7-12(3)9-14/h7-9,13H,6,10H2,1-5H3,(H,16,18)/t13-/m0/s1. The number of rotatable bonds is 6. The zero-order valence-corrected chi connectivity index (χ0v) is 14.1. The summed E-state index contributed by atoms with van der Waals surface area (Å²) in [4.78, 5) is 12.0. The third-order valence-electron chi connectivity index (χ3n) is 3.20. The van der Waals surface area contributed by atoms with E-state index in [-0.39, 0.29) is 18.5 Å². The Hall–Kier alpha value is -1.56. The maximum Gasteiger partial charge on any atom is 0.240 e. The van der Waals surface area contributed by atoms with E-state index in [1.165, 1.54) is 0 Å². The maximum atomic E-state index is 12.0. The van der Waals surface area contributed by atoms with Crippen molar-refractivity contribution in [3.8, 4) is 0 Å². The van der Waals surface area contributed by atoms with E-state index < -0.39 is 10.0 Å². The summed E-state index contributed by atoms with van der Waals surface area (Å²) in [5.41, 5.74) is 2.44. The van der Waals surface area contributed by atoms with Gasteiger partial charge in [-0.1, -0.05) is 13.0 Å². The molecular formula is C15H24N2O3S. The van der Waals surface area contributed by atoms with Crippen LogP contribution in [0.1, 0.15) is 31.4 Å². The second kappa shape index (κ2) is 6.93. The highest BCUT2D eigenvalue weighted by Gasteiger charge is 2.21. The number of anilines is 1. The molecular weight excluding hydrogens is 288 g/mol. The van der Waals surface area contributed by atoms with Crippen LogP contribution in [0.25, 0.3) is 0 Å². The van der Waals surface area contributed by atoms with Gasteiger partial charge >= 0.3 is 0 Å². The largest absolute Gasteiger partial charge is 0.352 e. The average molecular weight is 312 g/mol. The van der Waals surface area contributed by atoms with Crippen molar-refractivity contribution in [2.24, 2.45) is 0 Å². The Morgan fingerprint density at radius 1 is 1.24 bits per heavy atom. The molecule has 0 aliphatic rings. The van der Waals surface area contributed by atoms with E-state index >= 15 is 0 Å². The quantitative estimate of drug-likeness (QED) is 0.873. The van der Waals surface area contributed by atoms with Crippen molar-refractivity contribution in [2.75, 3.05) is 17.1 Å². The van der Waals surface area contributed by atoms with E-state index in [1.54, 1.807) is 12.1 Å². The fourth-order valence-corrected chi connectivity index (χ4v) is 2.89. The monoisotopic (exact) mass is 312 g/mol. The van der Waals surface area contributed by atoms with Gasteiger partial charge in [0.15, 0.2) is 0 Å². The Morgan fingerprint density at radius 2 is 1.76 bits per heavy atom. The highest BCUT2D eigenvalue weighted by Crippen LogP contribution is 2.21. The number of sulfonamides is 1. The molecule has 0 unspecified atom stereocenters. The van der Waals surface area contributed by atoms with Gasteiger partial charge in [0.2, 0.25) is 15.9 Å². The van der Waals surface area contributed by atoms with Crippen molar-refractivity contribution in [1.29, 1.82) is 0 Å². The summed E-state index contributed by atoms with van der Waals surface area (Å²) in [6, 6.07) is 5.52. The van der Waals surface area contributed by atoms with Crippen LogP contribution < -0.4 is 9.62 Å². The topological polar surface area (TPSA) is 66.5 Å². The Balaban J connectivity index is 3.05. The fourth-order valence-electron chi connectivity index (χ4n) is 2.05. The first-order chi connectivity index (χ1) is 9.63. The van der Waals surface area contributed by atoms with Crippen LogP contribution in [0, 0.1) is 13.8 Å². The molecule has 118 valence electrons. The van der Waals surface area contributed by atoms with Gasteiger partial charge in [0.25, 0.3) is 0 Å². The van der Waals surface area contributed by atoms with Crippen LogP contribution in [0.5, 0.6) is 0 Å². The number of carbonyl (C=O) groups is 1. The van der Waals surface area contributed by atoms with E-state index in [0.717, 1.165) is 28.1 Å². The van der Waals surface area contributed by atoms with Gasteiger partial charge in [0.1, 0.15) is 6.54 Å². The van der Waals surface area contributed by atoms with Gasteiger partial charge in [-0.05, 0) is 50.5 Å². The molecule has 0 saturated carbocycles. The number of carbonyl (C=O) groups excluding carboxylic acids is 1. The molecule has 1 rings (SSSR count). The van der Waals surface area contributed by atoms with Gasteiger partial charge in [0.05, 0.1) is 11.9 Å². The smallest absolute Gasteiger partial charge is 0.240 e. The van der Waals surface area contributed by atoms with Crippen molar-refractivity contribution in [3.63, 3.8) is 0 Å². The third-order valence-corrected chi connectivity index (χ3v) is 4.34. The first kappa shape index (κ1) is 17.5. The van der Waals surface area contributed by atoms with Gasteiger partial charge in [-0.2, -0.15) is 0 Å². The average Bonchev–Trinajstić information content (AvgIpc) is 2.33. The molecule has 1 amide bonds. The molecule has 0 heterocycles. The van der Waals surface area contributed by atoms with Crippen molar-refractivity contribution in [3.05, 3.63) is 29.3 Å². The van der Waals surface area contributed by atoms with Gasteiger partial charge in [-0.15, -0.1) is 0 Å². The number of benzene rings is 1. The first-order valence-electron chi connectivity index (χ1n) is 6.99. The molecule has 5 nitrogen and oxygen atoms in total. The highest BCUT2D eigenvalue weighted by molar-refractivity contribution is 7.92. The Labute approximate surface area is 127 Å². The summed E-state index contributed by atoms with van der Waals surface area (Å²) in [5.74, 6) is -0.297. The molecule has 1 aromatic carbocycles. The minimum Gasteiger partial charge on any atom is -0.352 e.